The molecule has 2 aliphatic rings. The molecule has 0 saturated heterocycles. The molecule has 1 atom stereocenters. The van der Waals surface area contributed by atoms with Crippen molar-refractivity contribution in [2.75, 3.05) is 0 Å². The lowest BCUT2D eigenvalue weighted by Gasteiger charge is -2.23. The van der Waals surface area contributed by atoms with Crippen LogP contribution in [0.1, 0.15) is 25.7 Å². The molecular formula is C11H14N2. The van der Waals surface area contributed by atoms with Gasteiger partial charge in [0.25, 0.3) is 0 Å². The Morgan fingerprint density at radius 2 is 2.38 bits per heavy atom. The Labute approximate surface area is 78.5 Å². The Morgan fingerprint density at radius 3 is 3.23 bits per heavy atom. The molecule has 0 amide bonds. The van der Waals surface area contributed by atoms with Gasteiger partial charge in [-0.3, -0.25) is 0 Å². The van der Waals surface area contributed by atoms with Gasteiger partial charge < -0.3 is 0 Å². The third-order valence-electron chi connectivity index (χ3n) is 2.72. The van der Waals surface area contributed by atoms with Crippen LogP contribution in [-0.2, 0) is 0 Å². The Morgan fingerprint density at radius 1 is 1.46 bits per heavy atom. The lowest BCUT2D eigenvalue weighted by Crippen LogP contribution is -2.15. The van der Waals surface area contributed by atoms with Gasteiger partial charge in [0.2, 0.25) is 0 Å². The predicted molar refractivity (Wildman–Crippen MR) is 52.7 cm³/mol. The fraction of sp³-hybridized carbons (Fsp3) is 0.455. The van der Waals surface area contributed by atoms with Crippen molar-refractivity contribution in [2.24, 2.45) is 5.11 Å². The Kier molecular flexibility index (Phi) is 2.39. The van der Waals surface area contributed by atoms with Gasteiger partial charge in [0.1, 0.15) is 0 Å². The standard InChI is InChI=1S/C11H14N2/c12-13-11-8-4-6-9-5-2-1-3-7-10(9)11/h1-2,5,7,11-12H,3-4,6,8H2. The van der Waals surface area contributed by atoms with E-state index in [0.29, 0.717) is 0 Å². The molecule has 13 heavy (non-hydrogen) atoms. The van der Waals surface area contributed by atoms with E-state index in [1.54, 1.807) is 0 Å². The fourth-order valence-corrected chi connectivity index (χ4v) is 2.04. The van der Waals surface area contributed by atoms with E-state index in [1.807, 2.05) is 0 Å². The Bertz CT molecular complexity index is 297. The molecule has 0 spiro atoms. The van der Waals surface area contributed by atoms with Crippen molar-refractivity contribution < 1.29 is 0 Å². The molecule has 1 N–H and O–H groups in total. The molecule has 0 radical (unpaired) electrons. The summed E-state index contributed by atoms with van der Waals surface area (Å²) in [5.41, 5.74) is 9.82. The second kappa shape index (κ2) is 3.69. The van der Waals surface area contributed by atoms with Crippen LogP contribution in [0.15, 0.2) is 40.6 Å². The summed E-state index contributed by atoms with van der Waals surface area (Å²) >= 11 is 0. The highest BCUT2D eigenvalue weighted by Crippen LogP contribution is 2.32. The smallest absolute Gasteiger partial charge is 0.0954 e. The molecule has 0 heterocycles. The molecule has 1 saturated carbocycles. The van der Waals surface area contributed by atoms with Crippen molar-refractivity contribution >= 4 is 0 Å². The molecule has 2 nitrogen and oxygen atoms in total. The van der Waals surface area contributed by atoms with Gasteiger partial charge in [-0.1, -0.05) is 24.3 Å². The van der Waals surface area contributed by atoms with Crippen molar-refractivity contribution in [2.45, 2.75) is 31.7 Å². The maximum Gasteiger partial charge on any atom is 0.0954 e. The van der Waals surface area contributed by atoms with Crippen molar-refractivity contribution in [1.82, 2.24) is 0 Å². The Hall–Kier alpha value is -1.18. The first-order valence-corrected chi connectivity index (χ1v) is 4.84. The van der Waals surface area contributed by atoms with Crippen LogP contribution in [0.4, 0.5) is 0 Å². The zero-order chi connectivity index (χ0) is 9.10. The molecule has 1 fully saturated rings. The van der Waals surface area contributed by atoms with Gasteiger partial charge in [-0.25, -0.2) is 5.53 Å². The average molecular weight is 174 g/mol. The van der Waals surface area contributed by atoms with Crippen molar-refractivity contribution in [3.63, 3.8) is 0 Å². The minimum atomic E-state index is 0.139. The van der Waals surface area contributed by atoms with Gasteiger partial charge in [0.15, 0.2) is 0 Å². The molecule has 2 aliphatic carbocycles. The van der Waals surface area contributed by atoms with Gasteiger partial charge in [-0.2, -0.15) is 5.11 Å². The van der Waals surface area contributed by atoms with E-state index in [4.69, 9.17) is 5.53 Å². The van der Waals surface area contributed by atoms with Gasteiger partial charge in [0.05, 0.1) is 6.04 Å². The highest BCUT2D eigenvalue weighted by atomic mass is 15.0. The summed E-state index contributed by atoms with van der Waals surface area (Å²) in [7, 11) is 0. The summed E-state index contributed by atoms with van der Waals surface area (Å²) in [5.74, 6) is 0. The number of rotatable bonds is 1. The van der Waals surface area contributed by atoms with Gasteiger partial charge in [-0.05, 0) is 36.8 Å². The second-order valence-corrected chi connectivity index (χ2v) is 3.55. The highest BCUT2D eigenvalue weighted by molar-refractivity contribution is 5.41. The summed E-state index contributed by atoms with van der Waals surface area (Å²) in [5, 5.41) is 3.69. The third-order valence-corrected chi connectivity index (χ3v) is 2.72. The van der Waals surface area contributed by atoms with Crippen LogP contribution < -0.4 is 0 Å². The third kappa shape index (κ3) is 1.62. The number of fused-ring (bicyclic) bond motifs is 1. The maximum absolute atomic E-state index is 7.13. The molecule has 0 aromatic carbocycles. The van der Waals surface area contributed by atoms with Crippen molar-refractivity contribution in [3.8, 4) is 0 Å². The van der Waals surface area contributed by atoms with Crippen LogP contribution in [0, 0.1) is 5.53 Å². The zero-order valence-corrected chi connectivity index (χ0v) is 7.66. The van der Waals surface area contributed by atoms with Crippen LogP contribution in [0.3, 0.4) is 0 Å². The SMILES string of the molecule is N=NC1CCCC2=CC=CCC=C21. The van der Waals surface area contributed by atoms with E-state index in [2.05, 4.69) is 29.4 Å². The minimum Gasteiger partial charge on any atom is -0.209 e. The van der Waals surface area contributed by atoms with Crippen LogP contribution in [0.5, 0.6) is 0 Å². The van der Waals surface area contributed by atoms with E-state index in [-0.39, 0.29) is 6.04 Å². The Balaban J connectivity index is 2.31. The topological polar surface area (TPSA) is 36.2 Å². The summed E-state index contributed by atoms with van der Waals surface area (Å²) in [6, 6.07) is 0.139. The summed E-state index contributed by atoms with van der Waals surface area (Å²) in [4.78, 5) is 0. The van der Waals surface area contributed by atoms with Crippen molar-refractivity contribution in [3.05, 3.63) is 35.5 Å². The van der Waals surface area contributed by atoms with Gasteiger partial charge in [0, 0.05) is 0 Å². The van der Waals surface area contributed by atoms with E-state index in [1.165, 1.54) is 17.6 Å². The lowest BCUT2D eigenvalue weighted by atomic mass is 9.85. The number of allylic oxidation sites excluding steroid dienone is 4. The molecule has 68 valence electrons. The van der Waals surface area contributed by atoms with E-state index >= 15 is 0 Å². The lowest BCUT2D eigenvalue weighted by molar-refractivity contribution is 0.572. The highest BCUT2D eigenvalue weighted by Gasteiger charge is 2.21. The number of hydrogen-bond donors (Lipinski definition) is 1. The quantitative estimate of drug-likeness (QED) is 0.592. The predicted octanol–water partition coefficient (Wildman–Crippen LogP) is 3.38. The van der Waals surface area contributed by atoms with E-state index in [9.17, 15) is 0 Å². The summed E-state index contributed by atoms with van der Waals surface area (Å²) < 4.78 is 0. The summed E-state index contributed by atoms with van der Waals surface area (Å²) in [6.45, 7) is 0. The molecule has 0 aliphatic heterocycles. The van der Waals surface area contributed by atoms with Crippen LogP contribution in [0.2, 0.25) is 0 Å². The van der Waals surface area contributed by atoms with Crippen LogP contribution in [-0.4, -0.2) is 6.04 Å². The monoisotopic (exact) mass is 174 g/mol. The fourth-order valence-electron chi connectivity index (χ4n) is 2.04. The summed E-state index contributed by atoms with van der Waals surface area (Å²) in [6.07, 6.45) is 13.0. The minimum absolute atomic E-state index is 0.139. The second-order valence-electron chi connectivity index (χ2n) is 3.55. The molecule has 0 bridgehead atoms. The number of hydrogen-bond acceptors (Lipinski definition) is 2. The molecule has 0 aromatic heterocycles. The first kappa shape index (κ1) is 8.42. The molecule has 1 unspecified atom stereocenters. The first-order valence-electron chi connectivity index (χ1n) is 4.84. The normalized spacial score (nSPS) is 26.9. The number of nitrogens with zero attached hydrogens (tertiary/aromatic N) is 1. The van der Waals surface area contributed by atoms with E-state index < -0.39 is 0 Å². The van der Waals surface area contributed by atoms with Gasteiger partial charge in [-0.15, -0.1) is 0 Å². The largest absolute Gasteiger partial charge is 0.209 e. The average Bonchev–Trinajstić information content (AvgIpc) is 2.41. The van der Waals surface area contributed by atoms with Crippen LogP contribution >= 0.6 is 0 Å². The number of nitrogens with one attached hydrogen (secondary N) is 1. The zero-order valence-electron chi connectivity index (χ0n) is 7.66. The van der Waals surface area contributed by atoms with Crippen LogP contribution in [0.25, 0.3) is 0 Å². The molecular weight excluding hydrogens is 160 g/mol. The van der Waals surface area contributed by atoms with E-state index in [0.717, 1.165) is 19.3 Å². The maximum atomic E-state index is 7.13. The van der Waals surface area contributed by atoms with Crippen molar-refractivity contribution in [1.29, 1.82) is 5.53 Å². The molecule has 2 rings (SSSR count). The first-order chi connectivity index (χ1) is 6.42. The molecule has 0 aromatic rings. The van der Waals surface area contributed by atoms with Gasteiger partial charge >= 0.3 is 0 Å². The molecule has 2 heteroatoms.